The largest absolute Gasteiger partial charge is 0.463 e. The molecule has 0 radical (unpaired) electrons. The Bertz CT molecular complexity index is 1150. The van der Waals surface area contributed by atoms with E-state index in [9.17, 15) is 17.6 Å². The summed E-state index contributed by atoms with van der Waals surface area (Å²) in [6, 6.07) is 4.26. The lowest BCUT2D eigenvalue weighted by molar-refractivity contribution is -0.00125. The van der Waals surface area contributed by atoms with Crippen molar-refractivity contribution in [1.82, 2.24) is 14.9 Å². The van der Waals surface area contributed by atoms with Crippen LogP contribution in [0.2, 0.25) is 0 Å². The van der Waals surface area contributed by atoms with Gasteiger partial charge in [-0.25, -0.2) is 27.6 Å². The van der Waals surface area contributed by atoms with Crippen LogP contribution in [0.1, 0.15) is 46.5 Å². The molecule has 0 spiro atoms. The fraction of sp³-hybridized carbons (Fsp3) is 0.542. The first-order valence-electron chi connectivity index (χ1n) is 11.4. The highest BCUT2D eigenvalue weighted by atomic mass is 32.2. The summed E-state index contributed by atoms with van der Waals surface area (Å²) in [6.07, 6.45) is 7.31. The van der Waals surface area contributed by atoms with Crippen molar-refractivity contribution in [3.05, 3.63) is 36.4 Å². The van der Waals surface area contributed by atoms with Gasteiger partial charge in [-0.15, -0.1) is 0 Å². The number of hydrogen-bond acceptors (Lipinski definition) is 7. The second kappa shape index (κ2) is 9.13. The Kier molecular flexibility index (Phi) is 6.54. The molecule has 2 aliphatic heterocycles. The molecule has 2 bridgehead atoms. The maximum atomic E-state index is 14.4. The maximum Gasteiger partial charge on any atom is 0.410 e. The molecule has 2 aromatic rings. The lowest BCUT2D eigenvalue weighted by atomic mass is 9.92. The third kappa shape index (κ3) is 5.48. The van der Waals surface area contributed by atoms with Gasteiger partial charge in [0.05, 0.1) is 11.5 Å². The number of aromatic nitrogens is 2. The van der Waals surface area contributed by atoms with Gasteiger partial charge in [-0.3, -0.25) is 0 Å². The summed E-state index contributed by atoms with van der Waals surface area (Å²) in [7, 11) is -3.49. The minimum Gasteiger partial charge on any atom is -0.463 e. The standard InChI is InChI=1S/C24H30FN3O5S/c1-24(2,3)33-23(29)28-17-5-6-18(28)10-15(9-17)14-32-22-26-12-16(13-27-22)20-8-7-19(11-21(20)25)34(4,30)31/h7-8,11-13,15,17-18H,5-6,9-10,14H2,1-4H3. The number of fused-ring (bicyclic) bond motifs is 2. The van der Waals surface area contributed by atoms with Crippen molar-refractivity contribution >= 4 is 15.9 Å². The summed E-state index contributed by atoms with van der Waals surface area (Å²) in [6.45, 7) is 6.05. The van der Waals surface area contributed by atoms with Gasteiger partial charge in [-0.1, -0.05) is 6.07 Å². The number of hydrogen-bond donors (Lipinski definition) is 0. The lowest BCUT2D eigenvalue weighted by Gasteiger charge is -2.39. The molecule has 2 atom stereocenters. The molecule has 0 aliphatic carbocycles. The number of carbonyl (C=O) groups is 1. The Balaban J connectivity index is 1.35. The highest BCUT2D eigenvalue weighted by Gasteiger charge is 2.45. The minimum absolute atomic E-state index is 0.0821. The zero-order chi connectivity index (χ0) is 24.7. The van der Waals surface area contributed by atoms with Crippen LogP contribution in [-0.4, -0.2) is 59.9 Å². The predicted octanol–water partition coefficient (Wildman–Crippen LogP) is 4.24. The highest BCUT2D eigenvalue weighted by molar-refractivity contribution is 7.90. The van der Waals surface area contributed by atoms with Crippen molar-refractivity contribution in [2.24, 2.45) is 5.92 Å². The average molecular weight is 492 g/mol. The van der Waals surface area contributed by atoms with Crippen molar-refractivity contribution in [2.75, 3.05) is 12.9 Å². The number of carbonyl (C=O) groups excluding carboxylic acids is 1. The first-order chi connectivity index (χ1) is 15.9. The molecule has 4 rings (SSSR count). The smallest absolute Gasteiger partial charge is 0.410 e. The summed E-state index contributed by atoms with van der Waals surface area (Å²) >= 11 is 0. The Labute approximate surface area is 199 Å². The van der Waals surface area contributed by atoms with Crippen LogP contribution in [0.4, 0.5) is 9.18 Å². The van der Waals surface area contributed by atoms with E-state index in [0.717, 1.165) is 38.0 Å². The first-order valence-corrected chi connectivity index (χ1v) is 13.3. The van der Waals surface area contributed by atoms with Crippen LogP contribution >= 0.6 is 0 Å². The fourth-order valence-corrected chi connectivity index (χ4v) is 5.35. The number of halogens is 1. The van der Waals surface area contributed by atoms with Crippen molar-refractivity contribution in [3.63, 3.8) is 0 Å². The Hall–Kier alpha value is -2.75. The van der Waals surface area contributed by atoms with E-state index in [1.54, 1.807) is 0 Å². The summed E-state index contributed by atoms with van der Waals surface area (Å²) < 4.78 is 49.0. The van der Waals surface area contributed by atoms with E-state index >= 15 is 0 Å². The van der Waals surface area contributed by atoms with E-state index in [-0.39, 0.29) is 40.6 Å². The molecule has 1 aromatic heterocycles. The lowest BCUT2D eigenvalue weighted by Crippen LogP contribution is -2.49. The predicted molar refractivity (Wildman–Crippen MR) is 124 cm³/mol. The molecule has 1 aromatic carbocycles. The summed E-state index contributed by atoms with van der Waals surface area (Å²) in [4.78, 5) is 22.8. The van der Waals surface area contributed by atoms with Crippen molar-refractivity contribution in [1.29, 1.82) is 0 Å². The molecule has 34 heavy (non-hydrogen) atoms. The Morgan fingerprint density at radius 2 is 1.76 bits per heavy atom. The monoisotopic (exact) mass is 491 g/mol. The van der Waals surface area contributed by atoms with Crippen molar-refractivity contribution in [2.45, 2.75) is 69.0 Å². The second-order valence-electron chi connectivity index (χ2n) is 10.1. The number of nitrogens with zero attached hydrogens (tertiary/aromatic N) is 3. The van der Waals surface area contributed by atoms with Crippen LogP contribution in [0.3, 0.4) is 0 Å². The Morgan fingerprint density at radius 3 is 2.29 bits per heavy atom. The third-order valence-corrected chi connectivity index (χ3v) is 7.30. The second-order valence-corrected chi connectivity index (χ2v) is 12.1. The van der Waals surface area contributed by atoms with Crippen LogP contribution in [0.5, 0.6) is 6.01 Å². The topological polar surface area (TPSA) is 98.7 Å². The van der Waals surface area contributed by atoms with Crippen LogP contribution in [0, 0.1) is 11.7 Å². The number of ether oxygens (including phenoxy) is 2. The molecule has 2 aliphatic rings. The molecular formula is C24H30FN3O5S. The van der Waals surface area contributed by atoms with Gasteiger partial charge in [0.25, 0.3) is 0 Å². The molecule has 184 valence electrons. The maximum absolute atomic E-state index is 14.4. The van der Waals surface area contributed by atoms with Crippen LogP contribution < -0.4 is 4.74 Å². The van der Waals surface area contributed by atoms with Gasteiger partial charge in [-0.05, 0) is 64.5 Å². The molecule has 1 amide bonds. The normalized spacial score (nSPS) is 22.5. The zero-order valence-electron chi connectivity index (χ0n) is 19.8. The van der Waals surface area contributed by atoms with E-state index in [2.05, 4.69) is 9.97 Å². The molecule has 2 unspecified atom stereocenters. The SMILES string of the molecule is CC(C)(C)OC(=O)N1C2CCC1CC(COc1ncc(-c3ccc(S(C)(=O)=O)cc3F)cn1)C2. The fourth-order valence-electron chi connectivity index (χ4n) is 4.72. The average Bonchev–Trinajstić information content (AvgIpc) is 3.01. The van der Waals surface area contributed by atoms with Gasteiger partial charge in [0.1, 0.15) is 11.4 Å². The van der Waals surface area contributed by atoms with Gasteiger partial charge in [0, 0.05) is 41.9 Å². The van der Waals surface area contributed by atoms with Crippen LogP contribution in [0.25, 0.3) is 11.1 Å². The minimum atomic E-state index is -3.49. The van der Waals surface area contributed by atoms with Gasteiger partial charge in [0.2, 0.25) is 0 Å². The van der Waals surface area contributed by atoms with E-state index in [1.807, 2.05) is 25.7 Å². The van der Waals surface area contributed by atoms with E-state index in [1.165, 1.54) is 24.5 Å². The third-order valence-electron chi connectivity index (χ3n) is 6.19. The number of piperidine rings is 1. The molecule has 3 heterocycles. The van der Waals surface area contributed by atoms with Crippen LogP contribution in [0.15, 0.2) is 35.5 Å². The molecule has 2 fully saturated rings. The van der Waals surface area contributed by atoms with Gasteiger partial charge < -0.3 is 14.4 Å². The van der Waals surface area contributed by atoms with Gasteiger partial charge in [-0.2, -0.15) is 0 Å². The van der Waals surface area contributed by atoms with E-state index in [4.69, 9.17) is 9.47 Å². The first kappa shape index (κ1) is 24.4. The van der Waals surface area contributed by atoms with Crippen molar-refractivity contribution < 1.29 is 27.1 Å². The van der Waals surface area contributed by atoms with Crippen LogP contribution in [-0.2, 0) is 14.6 Å². The number of benzene rings is 1. The quantitative estimate of drug-likeness (QED) is 0.617. The zero-order valence-corrected chi connectivity index (χ0v) is 20.6. The number of sulfone groups is 1. The van der Waals surface area contributed by atoms with Gasteiger partial charge in [0.15, 0.2) is 9.84 Å². The molecule has 8 nitrogen and oxygen atoms in total. The number of amides is 1. The summed E-state index contributed by atoms with van der Waals surface area (Å²) in [5, 5.41) is 0. The number of rotatable bonds is 5. The van der Waals surface area contributed by atoms with E-state index in [0.29, 0.717) is 12.2 Å². The van der Waals surface area contributed by atoms with E-state index < -0.39 is 21.3 Å². The highest BCUT2D eigenvalue weighted by Crippen LogP contribution is 2.39. The summed E-state index contributed by atoms with van der Waals surface area (Å²) in [5.74, 6) is -0.382. The van der Waals surface area contributed by atoms with Gasteiger partial charge >= 0.3 is 12.1 Å². The molecule has 0 N–H and O–H groups in total. The van der Waals surface area contributed by atoms with Crippen molar-refractivity contribution in [3.8, 4) is 17.1 Å². The molecule has 2 saturated heterocycles. The Morgan fingerprint density at radius 1 is 1.15 bits per heavy atom. The molecule has 10 heteroatoms. The molecule has 0 saturated carbocycles. The molecular weight excluding hydrogens is 461 g/mol. The summed E-state index contributed by atoms with van der Waals surface area (Å²) in [5.41, 5.74) is 0.122.